The molecular weight excluding hydrogens is 264 g/mol. The number of amides is 1. The Bertz CT molecular complexity index is 652. The van der Waals surface area contributed by atoms with E-state index in [0.29, 0.717) is 36.2 Å². The van der Waals surface area contributed by atoms with Crippen LogP contribution in [0.1, 0.15) is 12.2 Å². The summed E-state index contributed by atoms with van der Waals surface area (Å²) >= 11 is 0. The molecule has 8 nitrogen and oxygen atoms in total. The maximum atomic E-state index is 10.9. The molecule has 0 aliphatic rings. The van der Waals surface area contributed by atoms with Crippen LogP contribution in [0.2, 0.25) is 0 Å². The third-order valence-electron chi connectivity index (χ3n) is 2.97. The summed E-state index contributed by atoms with van der Waals surface area (Å²) < 4.78 is 0. The van der Waals surface area contributed by atoms with E-state index in [4.69, 9.17) is 5.11 Å². The SMILES string of the molecule is CN(CCCc1nc2c([N+](=O)[O-])cccc2[nH]1)C(=O)O. The van der Waals surface area contributed by atoms with Crippen molar-refractivity contribution in [2.24, 2.45) is 0 Å². The van der Waals surface area contributed by atoms with Crippen LogP contribution in [0.4, 0.5) is 10.5 Å². The number of aromatic nitrogens is 2. The number of rotatable bonds is 5. The van der Waals surface area contributed by atoms with E-state index in [0.717, 1.165) is 0 Å². The molecule has 2 N–H and O–H groups in total. The first kappa shape index (κ1) is 13.8. The van der Waals surface area contributed by atoms with E-state index < -0.39 is 11.0 Å². The predicted octanol–water partition coefficient (Wildman–Crippen LogP) is 2.01. The van der Waals surface area contributed by atoms with Gasteiger partial charge >= 0.3 is 6.09 Å². The third-order valence-corrected chi connectivity index (χ3v) is 2.97. The van der Waals surface area contributed by atoms with E-state index in [1.165, 1.54) is 18.0 Å². The number of nitro groups is 1. The minimum Gasteiger partial charge on any atom is -0.465 e. The Hall–Kier alpha value is -2.64. The molecule has 0 aliphatic carbocycles. The van der Waals surface area contributed by atoms with Crippen molar-refractivity contribution in [3.63, 3.8) is 0 Å². The van der Waals surface area contributed by atoms with Gasteiger partial charge in [0.1, 0.15) is 5.82 Å². The Morgan fingerprint density at radius 2 is 2.30 bits per heavy atom. The Labute approximate surface area is 114 Å². The fourth-order valence-corrected chi connectivity index (χ4v) is 1.91. The van der Waals surface area contributed by atoms with E-state index in [1.807, 2.05) is 0 Å². The molecule has 0 saturated heterocycles. The van der Waals surface area contributed by atoms with Gasteiger partial charge in [-0.05, 0) is 12.5 Å². The lowest BCUT2D eigenvalue weighted by atomic mass is 10.3. The molecule has 0 bridgehead atoms. The van der Waals surface area contributed by atoms with Crippen LogP contribution in [0.3, 0.4) is 0 Å². The Kier molecular flexibility index (Phi) is 3.83. The predicted molar refractivity (Wildman–Crippen MR) is 71.7 cm³/mol. The quantitative estimate of drug-likeness (QED) is 0.641. The molecule has 0 radical (unpaired) electrons. The van der Waals surface area contributed by atoms with Crippen molar-refractivity contribution in [1.29, 1.82) is 0 Å². The lowest BCUT2D eigenvalue weighted by Crippen LogP contribution is -2.25. The zero-order chi connectivity index (χ0) is 14.7. The molecule has 8 heteroatoms. The number of aromatic amines is 1. The minimum atomic E-state index is -0.981. The highest BCUT2D eigenvalue weighted by Gasteiger charge is 2.15. The van der Waals surface area contributed by atoms with Crippen LogP contribution < -0.4 is 0 Å². The van der Waals surface area contributed by atoms with Gasteiger partial charge in [-0.1, -0.05) is 6.07 Å². The van der Waals surface area contributed by atoms with Crippen LogP contribution in [0.5, 0.6) is 0 Å². The molecule has 0 unspecified atom stereocenters. The number of nitro benzene ring substituents is 1. The number of imidazole rings is 1. The first-order chi connectivity index (χ1) is 9.49. The Morgan fingerprint density at radius 3 is 2.95 bits per heavy atom. The molecule has 2 rings (SSSR count). The topological polar surface area (TPSA) is 112 Å². The molecule has 1 amide bonds. The molecule has 1 aromatic carbocycles. The van der Waals surface area contributed by atoms with Gasteiger partial charge in [-0.25, -0.2) is 9.78 Å². The van der Waals surface area contributed by atoms with Gasteiger partial charge in [-0.15, -0.1) is 0 Å². The number of H-pyrrole nitrogens is 1. The van der Waals surface area contributed by atoms with E-state index in [1.54, 1.807) is 12.1 Å². The number of nitrogens with one attached hydrogen (secondary N) is 1. The number of carbonyl (C=O) groups is 1. The van der Waals surface area contributed by atoms with Gasteiger partial charge in [-0.2, -0.15) is 0 Å². The summed E-state index contributed by atoms with van der Waals surface area (Å²) in [5.74, 6) is 0.619. The van der Waals surface area contributed by atoms with Crippen molar-refractivity contribution in [1.82, 2.24) is 14.9 Å². The number of para-hydroxylation sites is 1. The second-order valence-electron chi connectivity index (χ2n) is 4.42. The number of hydrogen-bond acceptors (Lipinski definition) is 4. The number of carboxylic acid groups (broad SMARTS) is 1. The van der Waals surface area contributed by atoms with Gasteiger partial charge in [0, 0.05) is 26.1 Å². The monoisotopic (exact) mass is 278 g/mol. The average molecular weight is 278 g/mol. The Balaban J connectivity index is 2.10. The van der Waals surface area contributed by atoms with Crippen LogP contribution in [0.15, 0.2) is 18.2 Å². The first-order valence-electron chi connectivity index (χ1n) is 6.05. The highest BCUT2D eigenvalue weighted by molar-refractivity contribution is 5.84. The lowest BCUT2D eigenvalue weighted by Gasteiger charge is -2.11. The molecule has 106 valence electrons. The average Bonchev–Trinajstić information content (AvgIpc) is 2.80. The maximum Gasteiger partial charge on any atom is 0.407 e. The Morgan fingerprint density at radius 1 is 1.55 bits per heavy atom. The van der Waals surface area contributed by atoms with E-state index in [9.17, 15) is 14.9 Å². The molecule has 1 heterocycles. The van der Waals surface area contributed by atoms with Crippen molar-refractivity contribution < 1.29 is 14.8 Å². The van der Waals surface area contributed by atoms with E-state index in [2.05, 4.69) is 9.97 Å². The fraction of sp³-hybridized carbons (Fsp3) is 0.333. The number of aryl methyl sites for hydroxylation is 1. The molecule has 0 saturated carbocycles. The van der Waals surface area contributed by atoms with Crippen molar-refractivity contribution >= 4 is 22.8 Å². The second-order valence-corrected chi connectivity index (χ2v) is 4.42. The molecule has 0 aliphatic heterocycles. The number of fused-ring (bicyclic) bond motifs is 1. The summed E-state index contributed by atoms with van der Waals surface area (Å²) in [4.78, 5) is 29.5. The molecule has 0 fully saturated rings. The molecule has 1 aromatic heterocycles. The summed E-state index contributed by atoms with van der Waals surface area (Å²) in [6, 6.07) is 4.73. The van der Waals surface area contributed by atoms with Crippen LogP contribution in [-0.2, 0) is 6.42 Å². The number of non-ortho nitro benzene ring substituents is 1. The highest BCUT2D eigenvalue weighted by Crippen LogP contribution is 2.23. The van der Waals surface area contributed by atoms with Gasteiger partial charge in [-0.3, -0.25) is 10.1 Å². The second kappa shape index (κ2) is 5.55. The molecule has 0 spiro atoms. The van der Waals surface area contributed by atoms with Crippen molar-refractivity contribution in [2.75, 3.05) is 13.6 Å². The normalized spacial score (nSPS) is 10.7. The van der Waals surface area contributed by atoms with Crippen LogP contribution >= 0.6 is 0 Å². The van der Waals surface area contributed by atoms with E-state index >= 15 is 0 Å². The summed E-state index contributed by atoms with van der Waals surface area (Å²) in [5.41, 5.74) is 0.910. The largest absolute Gasteiger partial charge is 0.465 e. The van der Waals surface area contributed by atoms with E-state index in [-0.39, 0.29) is 5.69 Å². The zero-order valence-corrected chi connectivity index (χ0v) is 10.9. The van der Waals surface area contributed by atoms with Gasteiger partial charge in [0.05, 0.1) is 10.4 Å². The molecule has 0 atom stereocenters. The number of nitrogens with zero attached hydrogens (tertiary/aromatic N) is 3. The van der Waals surface area contributed by atoms with Gasteiger partial charge in [0.15, 0.2) is 5.52 Å². The summed E-state index contributed by atoms with van der Waals surface area (Å²) in [7, 11) is 1.49. The van der Waals surface area contributed by atoms with Gasteiger partial charge in [0.25, 0.3) is 5.69 Å². The minimum absolute atomic E-state index is 0.0346. The number of hydrogen-bond donors (Lipinski definition) is 2. The van der Waals surface area contributed by atoms with Crippen molar-refractivity contribution in [2.45, 2.75) is 12.8 Å². The first-order valence-corrected chi connectivity index (χ1v) is 6.05. The smallest absolute Gasteiger partial charge is 0.407 e. The number of benzene rings is 1. The van der Waals surface area contributed by atoms with Crippen LogP contribution in [-0.4, -0.2) is 44.6 Å². The molecule has 20 heavy (non-hydrogen) atoms. The maximum absolute atomic E-state index is 10.9. The lowest BCUT2D eigenvalue weighted by molar-refractivity contribution is -0.383. The van der Waals surface area contributed by atoms with Crippen LogP contribution in [0.25, 0.3) is 11.0 Å². The van der Waals surface area contributed by atoms with Crippen LogP contribution in [0, 0.1) is 10.1 Å². The van der Waals surface area contributed by atoms with Gasteiger partial charge < -0.3 is 15.0 Å². The van der Waals surface area contributed by atoms with Crippen molar-refractivity contribution in [3.05, 3.63) is 34.1 Å². The molecule has 2 aromatic rings. The van der Waals surface area contributed by atoms with Crippen molar-refractivity contribution in [3.8, 4) is 0 Å². The summed E-state index contributed by atoms with van der Waals surface area (Å²) in [5, 5.41) is 19.6. The summed E-state index contributed by atoms with van der Waals surface area (Å²) in [6.45, 7) is 0.383. The third kappa shape index (κ3) is 2.85. The molecular formula is C12H14N4O4. The standard InChI is InChI=1S/C12H14N4O4/c1-15(12(17)18)7-3-6-10-13-8-4-2-5-9(16(19)20)11(8)14-10/h2,4-5H,3,6-7H2,1H3,(H,13,14)(H,17,18). The zero-order valence-electron chi connectivity index (χ0n) is 10.9. The summed E-state index contributed by atoms with van der Waals surface area (Å²) in [6.07, 6.45) is 0.144. The highest BCUT2D eigenvalue weighted by atomic mass is 16.6. The van der Waals surface area contributed by atoms with Gasteiger partial charge in [0.2, 0.25) is 0 Å². The fourth-order valence-electron chi connectivity index (χ4n) is 1.91.